The number of allylic oxidation sites excluding steroid dienone is 3. The lowest BCUT2D eigenvalue weighted by Crippen LogP contribution is -2.36. The van der Waals surface area contributed by atoms with Gasteiger partial charge in [0.15, 0.2) is 9.84 Å². The third-order valence-electron chi connectivity index (χ3n) is 4.61. The van der Waals surface area contributed by atoms with Gasteiger partial charge in [0, 0.05) is 6.54 Å². The average molecular weight is 377 g/mol. The molecule has 26 heavy (non-hydrogen) atoms. The predicted octanol–water partition coefficient (Wildman–Crippen LogP) is 1.80. The van der Waals surface area contributed by atoms with E-state index in [0.717, 1.165) is 18.4 Å². The Labute approximate surface area is 153 Å². The molecule has 1 aromatic rings. The minimum Gasteiger partial charge on any atom is -0.489 e. The first kappa shape index (κ1) is 18.7. The Morgan fingerprint density at radius 2 is 2.19 bits per heavy atom. The first-order valence-corrected chi connectivity index (χ1v) is 10.2. The zero-order chi connectivity index (χ0) is 18.6. The number of esters is 1. The molecule has 0 aromatic heterocycles. The minimum atomic E-state index is -3.44. The summed E-state index contributed by atoms with van der Waals surface area (Å²) in [4.78, 5) is 11.4. The molecule has 0 radical (unpaired) electrons. The number of ether oxygens (including phenoxy) is 2. The van der Waals surface area contributed by atoms with E-state index in [1.807, 2.05) is 18.2 Å². The van der Waals surface area contributed by atoms with Gasteiger partial charge in [-0.1, -0.05) is 30.4 Å². The minimum absolute atomic E-state index is 0.109. The lowest BCUT2D eigenvalue weighted by molar-refractivity contribution is -0.139. The molecule has 0 spiro atoms. The van der Waals surface area contributed by atoms with E-state index in [9.17, 15) is 13.2 Å². The summed E-state index contributed by atoms with van der Waals surface area (Å²) in [5.41, 5.74) is 1.01. The summed E-state index contributed by atoms with van der Waals surface area (Å²) in [6.07, 6.45) is 9.20. The fraction of sp³-hybridized carbons (Fsp3) is 0.421. The Morgan fingerprint density at radius 1 is 1.35 bits per heavy atom. The van der Waals surface area contributed by atoms with Gasteiger partial charge in [0.05, 0.1) is 23.8 Å². The van der Waals surface area contributed by atoms with Crippen LogP contribution in [0.15, 0.2) is 47.4 Å². The van der Waals surface area contributed by atoms with Crippen LogP contribution in [-0.2, 0) is 25.8 Å². The highest BCUT2D eigenvalue weighted by Crippen LogP contribution is 2.32. The van der Waals surface area contributed by atoms with Crippen LogP contribution in [0.25, 0.3) is 0 Å². The Kier molecular flexibility index (Phi) is 5.78. The molecule has 2 atom stereocenters. The van der Waals surface area contributed by atoms with E-state index in [4.69, 9.17) is 4.74 Å². The lowest BCUT2D eigenvalue weighted by Gasteiger charge is -2.27. The first-order valence-electron chi connectivity index (χ1n) is 8.65. The molecule has 0 amide bonds. The maximum absolute atomic E-state index is 12.8. The number of benzene rings is 1. The standard InChI is InChI=1S/C19H23NO5S/c1-24-19(21)13-20-12-15-9-7-14-8-10-17(11-18(14)25-15)26(22,23)16-5-3-2-4-6-16/h2-5,8,10-11,15-16,20H,6-7,9,12-13H2,1H3/t15-,16?/m1/s1. The van der Waals surface area contributed by atoms with Crippen molar-refractivity contribution in [1.82, 2.24) is 5.32 Å². The van der Waals surface area contributed by atoms with E-state index in [0.29, 0.717) is 18.7 Å². The number of sulfone groups is 1. The molecule has 1 aliphatic carbocycles. The van der Waals surface area contributed by atoms with Crippen molar-refractivity contribution in [1.29, 1.82) is 0 Å². The van der Waals surface area contributed by atoms with Crippen molar-refractivity contribution in [3.63, 3.8) is 0 Å². The summed E-state index contributed by atoms with van der Waals surface area (Å²) < 4.78 is 36.2. The van der Waals surface area contributed by atoms with Gasteiger partial charge in [-0.15, -0.1) is 0 Å². The molecule has 6 nitrogen and oxygen atoms in total. The number of carbonyl (C=O) groups excluding carboxylic acids is 1. The largest absolute Gasteiger partial charge is 0.489 e. The zero-order valence-corrected chi connectivity index (χ0v) is 15.5. The molecule has 1 aromatic carbocycles. The van der Waals surface area contributed by atoms with Crippen molar-refractivity contribution in [2.75, 3.05) is 20.2 Å². The smallest absolute Gasteiger partial charge is 0.319 e. The normalized spacial score (nSPS) is 21.7. The van der Waals surface area contributed by atoms with Gasteiger partial charge in [-0.05, 0) is 37.0 Å². The molecule has 140 valence electrons. The molecular formula is C19H23NO5S. The quantitative estimate of drug-likeness (QED) is 0.762. The zero-order valence-electron chi connectivity index (χ0n) is 14.7. The van der Waals surface area contributed by atoms with Gasteiger partial charge in [0.1, 0.15) is 11.9 Å². The molecule has 7 heteroatoms. The number of rotatable bonds is 6. The highest BCUT2D eigenvalue weighted by Gasteiger charge is 2.28. The van der Waals surface area contributed by atoms with Crippen LogP contribution in [0, 0.1) is 0 Å². The number of fused-ring (bicyclic) bond motifs is 1. The number of methoxy groups -OCH3 is 1. The average Bonchev–Trinajstić information content (AvgIpc) is 2.68. The fourth-order valence-corrected chi connectivity index (χ4v) is 4.64. The van der Waals surface area contributed by atoms with E-state index in [1.54, 1.807) is 24.3 Å². The first-order chi connectivity index (χ1) is 12.5. The summed E-state index contributed by atoms with van der Waals surface area (Å²) in [5, 5.41) is 2.46. The molecule has 3 rings (SSSR count). The van der Waals surface area contributed by atoms with Gasteiger partial charge in [-0.3, -0.25) is 4.79 Å². The van der Waals surface area contributed by atoms with Crippen molar-refractivity contribution in [3.8, 4) is 5.75 Å². The van der Waals surface area contributed by atoms with Gasteiger partial charge >= 0.3 is 5.97 Å². The number of aryl methyl sites for hydroxylation is 1. The van der Waals surface area contributed by atoms with Crippen LogP contribution in [0.2, 0.25) is 0 Å². The topological polar surface area (TPSA) is 81.7 Å². The fourth-order valence-electron chi connectivity index (χ4n) is 3.10. The highest BCUT2D eigenvalue weighted by molar-refractivity contribution is 7.92. The third-order valence-corrected chi connectivity index (χ3v) is 6.66. The monoisotopic (exact) mass is 377 g/mol. The van der Waals surface area contributed by atoms with E-state index in [1.165, 1.54) is 7.11 Å². The van der Waals surface area contributed by atoms with Gasteiger partial charge in [0.2, 0.25) is 0 Å². The van der Waals surface area contributed by atoms with Crippen molar-refractivity contribution in [2.45, 2.75) is 35.5 Å². The number of nitrogens with one attached hydrogen (secondary N) is 1. The van der Waals surface area contributed by atoms with E-state index < -0.39 is 15.1 Å². The molecule has 1 N–H and O–H groups in total. The Bertz CT molecular complexity index is 828. The molecule has 2 aliphatic rings. The molecule has 1 aliphatic heterocycles. The Morgan fingerprint density at radius 3 is 2.92 bits per heavy atom. The van der Waals surface area contributed by atoms with Crippen LogP contribution in [0.4, 0.5) is 0 Å². The number of hydrogen-bond donors (Lipinski definition) is 1. The summed E-state index contributed by atoms with van der Waals surface area (Å²) in [7, 11) is -2.10. The predicted molar refractivity (Wildman–Crippen MR) is 97.9 cm³/mol. The molecule has 0 saturated heterocycles. The SMILES string of the molecule is COC(=O)CNC[C@H]1CCc2ccc(S(=O)(=O)C3C=CC=CC3)cc2O1. The molecule has 1 heterocycles. The maximum atomic E-state index is 12.8. The summed E-state index contributed by atoms with van der Waals surface area (Å²) in [6.45, 7) is 0.626. The summed E-state index contributed by atoms with van der Waals surface area (Å²) >= 11 is 0. The lowest BCUT2D eigenvalue weighted by atomic mass is 10.0. The van der Waals surface area contributed by atoms with Crippen LogP contribution in [0.3, 0.4) is 0 Å². The molecule has 0 bridgehead atoms. The van der Waals surface area contributed by atoms with Crippen molar-refractivity contribution in [2.24, 2.45) is 0 Å². The number of hydrogen-bond acceptors (Lipinski definition) is 6. The second-order valence-corrected chi connectivity index (χ2v) is 8.55. The van der Waals surface area contributed by atoms with E-state index in [2.05, 4.69) is 10.1 Å². The summed E-state index contributed by atoms with van der Waals surface area (Å²) in [5.74, 6) is 0.279. The maximum Gasteiger partial charge on any atom is 0.319 e. The van der Waals surface area contributed by atoms with Crippen molar-refractivity contribution in [3.05, 3.63) is 48.1 Å². The Hall–Kier alpha value is -2.12. The van der Waals surface area contributed by atoms with Crippen LogP contribution in [0.1, 0.15) is 18.4 Å². The second-order valence-electron chi connectivity index (χ2n) is 6.39. The van der Waals surface area contributed by atoms with Crippen LogP contribution < -0.4 is 10.1 Å². The van der Waals surface area contributed by atoms with Gasteiger partial charge in [0.25, 0.3) is 0 Å². The molecule has 0 saturated carbocycles. The van der Waals surface area contributed by atoms with Crippen LogP contribution in [0.5, 0.6) is 5.75 Å². The Balaban J connectivity index is 1.70. The van der Waals surface area contributed by atoms with Crippen molar-refractivity contribution < 1.29 is 22.7 Å². The van der Waals surface area contributed by atoms with Crippen molar-refractivity contribution >= 4 is 15.8 Å². The van der Waals surface area contributed by atoms with E-state index >= 15 is 0 Å². The van der Waals surface area contributed by atoms with E-state index in [-0.39, 0.29) is 23.5 Å². The second kappa shape index (κ2) is 8.05. The van der Waals surface area contributed by atoms with Gasteiger partial charge in [-0.2, -0.15) is 0 Å². The van der Waals surface area contributed by atoms with Gasteiger partial charge in [-0.25, -0.2) is 8.42 Å². The van der Waals surface area contributed by atoms with Crippen LogP contribution >= 0.6 is 0 Å². The molecule has 0 fully saturated rings. The third kappa shape index (κ3) is 4.16. The van der Waals surface area contributed by atoms with Gasteiger partial charge < -0.3 is 14.8 Å². The number of carbonyl (C=O) groups is 1. The molecular weight excluding hydrogens is 354 g/mol. The molecule has 1 unspecified atom stereocenters. The highest BCUT2D eigenvalue weighted by atomic mass is 32.2. The summed E-state index contributed by atoms with van der Waals surface area (Å²) in [6, 6.07) is 5.13. The van der Waals surface area contributed by atoms with Crippen LogP contribution in [-0.4, -0.2) is 45.9 Å².